The second-order valence-corrected chi connectivity index (χ2v) is 7.96. The second-order valence-electron chi connectivity index (χ2n) is 6.28. The number of sulfonamides is 1. The van der Waals surface area contributed by atoms with Crippen LogP contribution in [0.25, 0.3) is 0 Å². The number of carbonyl (C=O) groups excluding carboxylic acids is 1. The summed E-state index contributed by atoms with van der Waals surface area (Å²) in [6.45, 7) is 6.65. The zero-order valence-corrected chi connectivity index (χ0v) is 17.4. The van der Waals surface area contributed by atoms with E-state index in [1.807, 2.05) is 13.8 Å². The van der Waals surface area contributed by atoms with Crippen molar-refractivity contribution in [3.05, 3.63) is 36.4 Å². The highest BCUT2D eigenvalue weighted by Crippen LogP contribution is 2.36. The highest BCUT2D eigenvalue weighted by Gasteiger charge is 2.25. The van der Waals surface area contributed by atoms with E-state index in [9.17, 15) is 13.2 Å². The van der Waals surface area contributed by atoms with E-state index in [0.29, 0.717) is 49.3 Å². The number of nitrogens with one attached hydrogen (secondary N) is 1. The third-order valence-electron chi connectivity index (χ3n) is 4.29. The summed E-state index contributed by atoms with van der Waals surface area (Å²) in [7, 11) is -3.95. The SMILES string of the molecule is CCOc1ccc(OCC)c(NS(=O)(=O)c2ccc3c(c2)N(C(C)=O)CCO3)c1. The number of carbonyl (C=O) groups is 1. The fourth-order valence-corrected chi connectivity index (χ4v) is 4.10. The minimum atomic E-state index is -3.95. The molecule has 0 saturated carbocycles. The zero-order valence-electron chi connectivity index (χ0n) is 16.6. The molecule has 0 unspecified atom stereocenters. The molecule has 8 nitrogen and oxygen atoms in total. The monoisotopic (exact) mass is 420 g/mol. The quantitative estimate of drug-likeness (QED) is 0.740. The van der Waals surface area contributed by atoms with Crippen molar-refractivity contribution >= 4 is 27.3 Å². The Balaban J connectivity index is 1.97. The lowest BCUT2D eigenvalue weighted by molar-refractivity contribution is -0.116. The molecular weight excluding hydrogens is 396 g/mol. The summed E-state index contributed by atoms with van der Waals surface area (Å²) in [5.74, 6) is 1.21. The first-order valence-corrected chi connectivity index (χ1v) is 10.8. The molecule has 156 valence electrons. The Bertz CT molecular complexity index is 1010. The van der Waals surface area contributed by atoms with E-state index in [1.165, 1.54) is 24.0 Å². The Morgan fingerprint density at radius 2 is 1.90 bits per heavy atom. The Kier molecular flexibility index (Phi) is 6.17. The molecule has 0 fully saturated rings. The maximum atomic E-state index is 13.0. The van der Waals surface area contributed by atoms with Gasteiger partial charge in [-0.25, -0.2) is 8.42 Å². The number of amides is 1. The topological polar surface area (TPSA) is 94.2 Å². The summed E-state index contributed by atoms with van der Waals surface area (Å²) in [6.07, 6.45) is 0. The predicted molar refractivity (Wildman–Crippen MR) is 110 cm³/mol. The van der Waals surface area contributed by atoms with Crippen molar-refractivity contribution in [3.8, 4) is 17.2 Å². The Morgan fingerprint density at radius 1 is 1.14 bits per heavy atom. The number of benzene rings is 2. The average molecular weight is 420 g/mol. The highest BCUT2D eigenvalue weighted by molar-refractivity contribution is 7.92. The second kappa shape index (κ2) is 8.60. The average Bonchev–Trinajstić information content (AvgIpc) is 2.69. The molecule has 3 rings (SSSR count). The van der Waals surface area contributed by atoms with Gasteiger partial charge >= 0.3 is 0 Å². The summed E-state index contributed by atoms with van der Waals surface area (Å²) in [6, 6.07) is 9.38. The summed E-state index contributed by atoms with van der Waals surface area (Å²) in [5, 5.41) is 0. The molecule has 0 spiro atoms. The lowest BCUT2D eigenvalue weighted by Gasteiger charge is -2.29. The maximum Gasteiger partial charge on any atom is 0.262 e. The molecule has 9 heteroatoms. The molecule has 2 aromatic rings. The molecule has 0 bridgehead atoms. The highest BCUT2D eigenvalue weighted by atomic mass is 32.2. The van der Waals surface area contributed by atoms with Crippen LogP contribution in [0.1, 0.15) is 20.8 Å². The van der Waals surface area contributed by atoms with Crippen LogP contribution in [0.5, 0.6) is 17.2 Å². The largest absolute Gasteiger partial charge is 0.494 e. The maximum absolute atomic E-state index is 13.0. The van der Waals surface area contributed by atoms with Gasteiger partial charge < -0.3 is 19.1 Å². The predicted octanol–water partition coefficient (Wildman–Crippen LogP) is 3.03. The number of fused-ring (bicyclic) bond motifs is 1. The molecule has 1 N–H and O–H groups in total. The van der Waals surface area contributed by atoms with Crippen molar-refractivity contribution in [2.75, 3.05) is 36.0 Å². The van der Waals surface area contributed by atoms with Gasteiger partial charge in [0, 0.05) is 13.0 Å². The van der Waals surface area contributed by atoms with Crippen LogP contribution in [0.3, 0.4) is 0 Å². The van der Waals surface area contributed by atoms with Crippen molar-refractivity contribution in [1.29, 1.82) is 0 Å². The number of hydrogen-bond acceptors (Lipinski definition) is 6. The van der Waals surface area contributed by atoms with Crippen LogP contribution in [-0.4, -0.2) is 40.7 Å². The minimum Gasteiger partial charge on any atom is -0.494 e. The summed E-state index contributed by atoms with van der Waals surface area (Å²) in [5.41, 5.74) is 0.704. The molecule has 1 aliphatic heterocycles. The van der Waals surface area contributed by atoms with Gasteiger partial charge in [-0.15, -0.1) is 0 Å². The Morgan fingerprint density at radius 3 is 2.59 bits per heavy atom. The smallest absolute Gasteiger partial charge is 0.262 e. The van der Waals surface area contributed by atoms with Crippen LogP contribution in [0.2, 0.25) is 0 Å². The van der Waals surface area contributed by atoms with E-state index in [0.717, 1.165) is 0 Å². The minimum absolute atomic E-state index is 0.0114. The van der Waals surface area contributed by atoms with Crippen molar-refractivity contribution < 1.29 is 27.4 Å². The molecule has 2 aromatic carbocycles. The van der Waals surface area contributed by atoms with Crippen LogP contribution < -0.4 is 23.8 Å². The lowest BCUT2D eigenvalue weighted by atomic mass is 10.2. The molecule has 0 saturated heterocycles. The fraction of sp³-hybridized carbons (Fsp3) is 0.350. The first-order chi connectivity index (χ1) is 13.9. The van der Waals surface area contributed by atoms with E-state index in [2.05, 4.69) is 4.72 Å². The standard InChI is InChI=1S/C20H24N2O6S/c1-4-26-15-6-8-19(27-5-2)17(12-15)21-29(24,25)16-7-9-20-18(13-16)22(14(3)23)10-11-28-20/h6-9,12-13,21H,4-5,10-11H2,1-3H3. The van der Waals surface area contributed by atoms with Gasteiger partial charge in [0.25, 0.3) is 10.0 Å². The van der Waals surface area contributed by atoms with Crippen molar-refractivity contribution in [1.82, 2.24) is 0 Å². The summed E-state index contributed by atoms with van der Waals surface area (Å²) in [4.78, 5) is 13.4. The third kappa shape index (κ3) is 4.56. The van der Waals surface area contributed by atoms with Crippen LogP contribution in [0.15, 0.2) is 41.3 Å². The van der Waals surface area contributed by atoms with Gasteiger partial charge in [0.15, 0.2) is 0 Å². The molecule has 0 radical (unpaired) electrons. The number of anilines is 2. The normalized spacial score (nSPS) is 13.3. The first-order valence-electron chi connectivity index (χ1n) is 9.33. The number of nitrogens with zero attached hydrogens (tertiary/aromatic N) is 1. The fourth-order valence-electron chi connectivity index (χ4n) is 3.02. The van der Waals surface area contributed by atoms with Crippen LogP contribution in [-0.2, 0) is 14.8 Å². The van der Waals surface area contributed by atoms with Gasteiger partial charge in [0.1, 0.15) is 23.9 Å². The van der Waals surface area contributed by atoms with Gasteiger partial charge in [0.05, 0.1) is 36.0 Å². The lowest BCUT2D eigenvalue weighted by Crippen LogP contribution is -2.36. The van der Waals surface area contributed by atoms with Crippen molar-refractivity contribution in [3.63, 3.8) is 0 Å². The van der Waals surface area contributed by atoms with E-state index in [1.54, 1.807) is 24.3 Å². The van der Waals surface area contributed by atoms with Gasteiger partial charge in [-0.2, -0.15) is 0 Å². The van der Waals surface area contributed by atoms with Crippen LogP contribution in [0, 0.1) is 0 Å². The van der Waals surface area contributed by atoms with Gasteiger partial charge in [-0.05, 0) is 44.2 Å². The van der Waals surface area contributed by atoms with Gasteiger partial charge in [0.2, 0.25) is 5.91 Å². The molecule has 0 aliphatic carbocycles. The molecular formula is C20H24N2O6S. The van der Waals surface area contributed by atoms with E-state index < -0.39 is 10.0 Å². The van der Waals surface area contributed by atoms with Crippen molar-refractivity contribution in [2.24, 2.45) is 0 Å². The molecule has 1 heterocycles. The van der Waals surface area contributed by atoms with Gasteiger partial charge in [-0.1, -0.05) is 0 Å². The Hall–Kier alpha value is -2.94. The van der Waals surface area contributed by atoms with Crippen molar-refractivity contribution in [2.45, 2.75) is 25.7 Å². The molecule has 0 aromatic heterocycles. The number of ether oxygens (including phenoxy) is 3. The summed E-state index contributed by atoms with van der Waals surface area (Å²) < 4.78 is 45.2. The zero-order chi connectivity index (χ0) is 21.0. The van der Waals surface area contributed by atoms with E-state index >= 15 is 0 Å². The van der Waals surface area contributed by atoms with E-state index in [-0.39, 0.29) is 16.5 Å². The molecule has 0 atom stereocenters. The third-order valence-corrected chi connectivity index (χ3v) is 5.65. The molecule has 1 aliphatic rings. The number of rotatable bonds is 7. The summed E-state index contributed by atoms with van der Waals surface area (Å²) >= 11 is 0. The molecule has 1 amide bonds. The Labute approximate surface area is 170 Å². The van der Waals surface area contributed by atoms with Gasteiger partial charge in [-0.3, -0.25) is 9.52 Å². The van der Waals surface area contributed by atoms with Crippen LogP contribution >= 0.6 is 0 Å². The number of hydrogen-bond donors (Lipinski definition) is 1. The van der Waals surface area contributed by atoms with Crippen LogP contribution in [0.4, 0.5) is 11.4 Å². The first kappa shape index (κ1) is 20.8. The van der Waals surface area contributed by atoms with E-state index in [4.69, 9.17) is 14.2 Å². The molecule has 29 heavy (non-hydrogen) atoms.